The summed E-state index contributed by atoms with van der Waals surface area (Å²) >= 11 is 0. The van der Waals surface area contributed by atoms with E-state index in [1.165, 1.54) is 6.92 Å². The number of ether oxygens (including phenoxy) is 1. The smallest absolute Gasteiger partial charge is 0.225 e. The number of rotatable bonds is 7. The summed E-state index contributed by atoms with van der Waals surface area (Å²) in [5.41, 5.74) is 11.0. The van der Waals surface area contributed by atoms with Gasteiger partial charge in [-0.2, -0.15) is 0 Å². The Balaban J connectivity index is 1.59. The molecule has 1 atom stereocenters. The lowest BCUT2D eigenvalue weighted by Gasteiger charge is -2.41. The van der Waals surface area contributed by atoms with Gasteiger partial charge in [-0.3, -0.25) is 9.59 Å². The van der Waals surface area contributed by atoms with Gasteiger partial charge in [0.05, 0.1) is 24.4 Å². The highest BCUT2D eigenvalue weighted by Gasteiger charge is 2.32. The van der Waals surface area contributed by atoms with Crippen LogP contribution in [0.1, 0.15) is 44.7 Å². The third-order valence-electron chi connectivity index (χ3n) is 6.29. The zero-order chi connectivity index (χ0) is 23.5. The Hall–Kier alpha value is -3.13. The van der Waals surface area contributed by atoms with Gasteiger partial charge in [0.15, 0.2) is 5.82 Å². The second-order valence-electron chi connectivity index (χ2n) is 9.00. The molecule has 3 N–H and O–H groups in total. The number of nitrogens with zero attached hydrogens (tertiary/aromatic N) is 3. The van der Waals surface area contributed by atoms with Crippen molar-refractivity contribution in [3.8, 4) is 11.1 Å². The van der Waals surface area contributed by atoms with Crippen molar-refractivity contribution in [1.29, 1.82) is 0 Å². The Labute approximate surface area is 195 Å². The highest BCUT2D eigenvalue weighted by molar-refractivity contribution is 5.90. The Kier molecular flexibility index (Phi) is 6.83. The number of nitrogens with two attached hydrogens (primary N) is 1. The van der Waals surface area contributed by atoms with Gasteiger partial charge in [-0.25, -0.2) is 4.98 Å². The molecule has 0 bridgehead atoms. The minimum atomic E-state index is -0.100. The summed E-state index contributed by atoms with van der Waals surface area (Å²) in [6, 6.07) is 9.90. The molecule has 1 saturated heterocycles. The van der Waals surface area contributed by atoms with E-state index in [4.69, 9.17) is 15.5 Å². The fourth-order valence-corrected chi connectivity index (χ4v) is 4.51. The van der Waals surface area contributed by atoms with Gasteiger partial charge < -0.3 is 25.6 Å². The monoisotopic (exact) mass is 451 g/mol. The molecule has 0 spiro atoms. The highest BCUT2D eigenvalue weighted by Crippen LogP contribution is 2.45. The maximum absolute atomic E-state index is 12.5. The lowest BCUT2D eigenvalue weighted by molar-refractivity contribution is -0.134. The predicted octanol–water partition coefficient (Wildman–Crippen LogP) is 3.24. The van der Waals surface area contributed by atoms with Crippen LogP contribution in [0.4, 0.5) is 17.2 Å². The maximum Gasteiger partial charge on any atom is 0.225 e. The Morgan fingerprint density at radius 3 is 2.70 bits per heavy atom. The summed E-state index contributed by atoms with van der Waals surface area (Å²) in [4.78, 5) is 33.2. The third-order valence-corrected chi connectivity index (χ3v) is 6.29. The lowest BCUT2D eigenvalue weighted by Crippen LogP contribution is -2.54. The highest BCUT2D eigenvalue weighted by atomic mass is 16.5. The van der Waals surface area contributed by atoms with Gasteiger partial charge in [-0.1, -0.05) is 12.1 Å². The van der Waals surface area contributed by atoms with Crippen LogP contribution < -0.4 is 16.0 Å². The molecule has 176 valence electrons. The van der Waals surface area contributed by atoms with E-state index in [1.807, 2.05) is 35.2 Å². The first-order chi connectivity index (χ1) is 15.9. The average Bonchev–Trinajstić information content (AvgIpc) is 3.62. The molecule has 4 rings (SSSR count). The van der Waals surface area contributed by atoms with E-state index in [-0.39, 0.29) is 17.9 Å². The lowest BCUT2D eigenvalue weighted by atomic mass is 9.99. The molecular weight excluding hydrogens is 418 g/mol. The van der Waals surface area contributed by atoms with Gasteiger partial charge in [0.2, 0.25) is 11.8 Å². The fourth-order valence-electron chi connectivity index (χ4n) is 4.51. The van der Waals surface area contributed by atoms with Gasteiger partial charge >= 0.3 is 0 Å². The first kappa shape index (κ1) is 23.0. The Morgan fingerprint density at radius 2 is 2.03 bits per heavy atom. The topological polar surface area (TPSA) is 101 Å². The van der Waals surface area contributed by atoms with E-state index in [9.17, 15) is 9.59 Å². The van der Waals surface area contributed by atoms with E-state index in [0.717, 1.165) is 41.2 Å². The van der Waals surface area contributed by atoms with Crippen molar-refractivity contribution in [2.75, 3.05) is 49.3 Å². The van der Waals surface area contributed by atoms with Crippen molar-refractivity contribution in [3.05, 3.63) is 36.0 Å². The van der Waals surface area contributed by atoms with Crippen LogP contribution in [0.15, 0.2) is 30.3 Å². The molecule has 1 aromatic heterocycles. The van der Waals surface area contributed by atoms with Gasteiger partial charge in [-0.15, -0.1) is 0 Å². The SMILES string of the molecule is COCCC(=O)N1CCN(c2nc(C3CC3)c(-c3cccc(NC(C)=O)c3)cc2N)C[C@H]1C. The van der Waals surface area contributed by atoms with E-state index < -0.39 is 0 Å². The number of hydrogen-bond donors (Lipinski definition) is 2. The first-order valence-corrected chi connectivity index (χ1v) is 11.6. The van der Waals surface area contributed by atoms with Crippen molar-refractivity contribution in [1.82, 2.24) is 9.88 Å². The normalized spacial score (nSPS) is 18.3. The number of nitrogens with one attached hydrogen (secondary N) is 1. The molecule has 0 unspecified atom stereocenters. The van der Waals surface area contributed by atoms with Crippen LogP contribution >= 0.6 is 0 Å². The number of amides is 2. The quantitative estimate of drug-likeness (QED) is 0.670. The predicted molar refractivity (Wildman–Crippen MR) is 130 cm³/mol. The minimum Gasteiger partial charge on any atom is -0.396 e. The molecule has 1 saturated carbocycles. The molecule has 2 aromatic rings. The number of hydrogen-bond acceptors (Lipinski definition) is 6. The van der Waals surface area contributed by atoms with Crippen LogP contribution in [0.25, 0.3) is 11.1 Å². The molecule has 33 heavy (non-hydrogen) atoms. The summed E-state index contributed by atoms with van der Waals surface area (Å²) in [5, 5.41) is 2.85. The third kappa shape index (κ3) is 5.27. The molecule has 2 amide bonds. The number of piperazine rings is 1. The van der Waals surface area contributed by atoms with Crippen LogP contribution in [0.2, 0.25) is 0 Å². The number of methoxy groups -OCH3 is 1. The fraction of sp³-hybridized carbons (Fsp3) is 0.480. The summed E-state index contributed by atoms with van der Waals surface area (Å²) in [6.07, 6.45) is 2.64. The second kappa shape index (κ2) is 9.79. The number of anilines is 3. The van der Waals surface area contributed by atoms with Crippen LogP contribution in [-0.2, 0) is 14.3 Å². The molecule has 2 heterocycles. The van der Waals surface area contributed by atoms with Crippen molar-refractivity contribution < 1.29 is 14.3 Å². The zero-order valence-corrected chi connectivity index (χ0v) is 19.6. The van der Waals surface area contributed by atoms with Crippen LogP contribution in [0.5, 0.6) is 0 Å². The Morgan fingerprint density at radius 1 is 1.24 bits per heavy atom. The average molecular weight is 452 g/mol. The van der Waals surface area contributed by atoms with Gasteiger partial charge in [0.1, 0.15) is 0 Å². The maximum atomic E-state index is 12.5. The van der Waals surface area contributed by atoms with Crippen molar-refractivity contribution >= 4 is 29.0 Å². The molecule has 1 aromatic carbocycles. The van der Waals surface area contributed by atoms with Crippen molar-refractivity contribution in [3.63, 3.8) is 0 Å². The number of aromatic nitrogens is 1. The van der Waals surface area contributed by atoms with Crippen molar-refractivity contribution in [2.45, 2.75) is 45.1 Å². The van der Waals surface area contributed by atoms with Gasteiger partial charge in [0.25, 0.3) is 0 Å². The molecule has 8 heteroatoms. The largest absolute Gasteiger partial charge is 0.396 e. The summed E-state index contributed by atoms with van der Waals surface area (Å²) in [6.45, 7) is 6.04. The van der Waals surface area contributed by atoms with Crippen LogP contribution in [0, 0.1) is 0 Å². The number of carbonyl (C=O) groups excluding carboxylic acids is 2. The molecular formula is C25H33N5O3. The van der Waals surface area contributed by atoms with E-state index in [2.05, 4.69) is 17.1 Å². The van der Waals surface area contributed by atoms with E-state index in [1.54, 1.807) is 7.11 Å². The molecule has 1 aliphatic heterocycles. The number of benzene rings is 1. The van der Waals surface area contributed by atoms with Gasteiger partial charge in [0, 0.05) is 56.9 Å². The van der Waals surface area contributed by atoms with Crippen LogP contribution in [0.3, 0.4) is 0 Å². The standard InChI is InChI=1S/C25H33N5O3/c1-16-15-29(10-11-30(16)23(32)9-12-33-3)25-22(26)14-21(24(28-25)18-7-8-18)19-5-4-6-20(13-19)27-17(2)31/h4-6,13-14,16,18H,7-12,15,26H2,1-3H3,(H,27,31)/t16-/m1/s1. The summed E-state index contributed by atoms with van der Waals surface area (Å²) in [7, 11) is 1.61. The minimum absolute atomic E-state index is 0.0719. The zero-order valence-electron chi connectivity index (χ0n) is 19.6. The molecule has 1 aliphatic carbocycles. The Bertz CT molecular complexity index is 1040. The van der Waals surface area contributed by atoms with E-state index in [0.29, 0.717) is 44.3 Å². The van der Waals surface area contributed by atoms with E-state index >= 15 is 0 Å². The summed E-state index contributed by atoms with van der Waals surface area (Å²) in [5.74, 6) is 1.25. The molecule has 0 radical (unpaired) electrons. The second-order valence-corrected chi connectivity index (χ2v) is 9.00. The molecule has 2 fully saturated rings. The number of carbonyl (C=O) groups is 2. The summed E-state index contributed by atoms with van der Waals surface area (Å²) < 4.78 is 5.05. The van der Waals surface area contributed by atoms with Crippen LogP contribution in [-0.4, -0.2) is 61.1 Å². The van der Waals surface area contributed by atoms with Gasteiger partial charge in [-0.05, 0) is 43.5 Å². The number of nitrogen functional groups attached to an aromatic ring is 1. The first-order valence-electron chi connectivity index (χ1n) is 11.6. The molecule has 2 aliphatic rings. The molecule has 8 nitrogen and oxygen atoms in total. The van der Waals surface area contributed by atoms with Crippen molar-refractivity contribution in [2.24, 2.45) is 0 Å². The number of pyridine rings is 1.